The first kappa shape index (κ1) is 11.8. The summed E-state index contributed by atoms with van der Waals surface area (Å²) >= 11 is 0. The lowest BCUT2D eigenvalue weighted by atomic mass is 9.94. The van der Waals surface area contributed by atoms with E-state index in [1.807, 2.05) is 0 Å². The monoisotopic (exact) mass is 221 g/mol. The average Bonchev–Trinajstić information content (AvgIpc) is 2.00. The molecule has 0 atom stereocenters. The van der Waals surface area contributed by atoms with Crippen LogP contribution in [-0.2, 0) is 11.8 Å². The lowest BCUT2D eigenvalue weighted by Crippen LogP contribution is -2.18. The number of nitrogens with two attached hydrogens (primary N) is 1. The van der Waals surface area contributed by atoms with Gasteiger partial charge in [-0.05, 0) is 26.0 Å². The quantitative estimate of drug-likeness (QED) is 0.570. The zero-order valence-corrected chi connectivity index (χ0v) is 8.32. The second-order valence-electron chi connectivity index (χ2n) is 3.78. The van der Waals surface area contributed by atoms with Crippen LogP contribution in [0.2, 0.25) is 0 Å². The van der Waals surface area contributed by atoms with Crippen LogP contribution in [0.4, 0.5) is 23.2 Å². The number of anilines is 1. The van der Waals surface area contributed by atoms with Gasteiger partial charge in [0.25, 0.3) is 0 Å². The molecule has 1 aromatic carbocycles. The van der Waals surface area contributed by atoms with Crippen LogP contribution in [0.15, 0.2) is 18.2 Å². The fourth-order valence-electron chi connectivity index (χ4n) is 1.31. The molecule has 15 heavy (non-hydrogen) atoms. The van der Waals surface area contributed by atoms with Crippen molar-refractivity contribution >= 4 is 5.69 Å². The molecule has 0 saturated carbocycles. The van der Waals surface area contributed by atoms with Gasteiger partial charge in [0.2, 0.25) is 0 Å². The zero-order chi connectivity index (χ0) is 11.9. The number of benzene rings is 1. The molecule has 0 fully saturated rings. The second-order valence-corrected chi connectivity index (χ2v) is 3.78. The average molecular weight is 221 g/mol. The second kappa shape index (κ2) is 3.40. The molecule has 5 heteroatoms. The van der Waals surface area contributed by atoms with Gasteiger partial charge in [-0.2, -0.15) is 13.2 Å². The van der Waals surface area contributed by atoms with Gasteiger partial charge in [0.15, 0.2) is 0 Å². The van der Waals surface area contributed by atoms with Crippen LogP contribution in [0.5, 0.6) is 0 Å². The van der Waals surface area contributed by atoms with E-state index in [9.17, 15) is 17.6 Å². The molecule has 0 aromatic heterocycles. The van der Waals surface area contributed by atoms with Crippen molar-refractivity contribution < 1.29 is 17.6 Å². The highest BCUT2D eigenvalue weighted by Gasteiger charge is 2.37. The van der Waals surface area contributed by atoms with Gasteiger partial charge in [-0.25, -0.2) is 4.39 Å². The number of hydrogen-bond donors (Lipinski definition) is 1. The Hall–Kier alpha value is -1.26. The first-order chi connectivity index (χ1) is 6.62. The fourth-order valence-corrected chi connectivity index (χ4v) is 1.31. The molecule has 84 valence electrons. The molecule has 0 amide bonds. The summed E-state index contributed by atoms with van der Waals surface area (Å²) in [7, 11) is 0. The molecule has 0 bridgehead atoms. The summed E-state index contributed by atoms with van der Waals surface area (Å²) in [6, 6.07) is 3.07. The van der Waals surface area contributed by atoms with Crippen LogP contribution in [0.3, 0.4) is 0 Å². The molecule has 2 N–H and O–H groups in total. The van der Waals surface area contributed by atoms with Crippen molar-refractivity contribution in [3.63, 3.8) is 0 Å². The summed E-state index contributed by atoms with van der Waals surface area (Å²) in [4.78, 5) is 0. The predicted molar refractivity (Wildman–Crippen MR) is 50.0 cm³/mol. The SMILES string of the molecule is CC(C)(F)c1ccc(N)cc1C(F)(F)F. The molecule has 0 aliphatic rings. The molecular formula is C10H11F4N. The Kier molecular flexibility index (Phi) is 2.67. The predicted octanol–water partition coefficient (Wildman–Crippen LogP) is 3.49. The highest BCUT2D eigenvalue weighted by atomic mass is 19.4. The van der Waals surface area contributed by atoms with Crippen molar-refractivity contribution in [1.29, 1.82) is 0 Å². The van der Waals surface area contributed by atoms with Crippen molar-refractivity contribution in [1.82, 2.24) is 0 Å². The number of rotatable bonds is 1. The third-order valence-electron chi connectivity index (χ3n) is 1.99. The summed E-state index contributed by atoms with van der Waals surface area (Å²) in [6.45, 7) is 2.15. The van der Waals surface area contributed by atoms with Gasteiger partial charge in [-0.15, -0.1) is 0 Å². The van der Waals surface area contributed by atoms with Crippen LogP contribution >= 0.6 is 0 Å². The first-order valence-corrected chi connectivity index (χ1v) is 4.28. The molecule has 0 unspecified atom stereocenters. The van der Waals surface area contributed by atoms with E-state index in [-0.39, 0.29) is 5.69 Å². The van der Waals surface area contributed by atoms with E-state index in [0.717, 1.165) is 26.0 Å². The van der Waals surface area contributed by atoms with Gasteiger partial charge in [0.05, 0.1) is 5.56 Å². The molecule has 0 saturated heterocycles. The van der Waals surface area contributed by atoms with Crippen molar-refractivity contribution in [2.24, 2.45) is 0 Å². The minimum Gasteiger partial charge on any atom is -0.399 e. The molecule has 1 aromatic rings. The van der Waals surface area contributed by atoms with Crippen molar-refractivity contribution in [2.75, 3.05) is 5.73 Å². The Morgan fingerprint density at radius 1 is 1.00 bits per heavy atom. The molecule has 0 aliphatic carbocycles. The molecule has 0 spiro atoms. The molecular weight excluding hydrogens is 210 g/mol. The lowest BCUT2D eigenvalue weighted by molar-refractivity contribution is -0.139. The Morgan fingerprint density at radius 2 is 1.53 bits per heavy atom. The number of halogens is 4. The fraction of sp³-hybridized carbons (Fsp3) is 0.400. The molecule has 1 rings (SSSR count). The largest absolute Gasteiger partial charge is 0.416 e. The maximum Gasteiger partial charge on any atom is 0.416 e. The highest BCUT2D eigenvalue weighted by Crippen LogP contribution is 2.39. The Labute approximate surface area is 84.9 Å². The van der Waals surface area contributed by atoms with Crippen LogP contribution in [0.25, 0.3) is 0 Å². The van der Waals surface area contributed by atoms with Crippen LogP contribution in [0, 0.1) is 0 Å². The summed E-state index contributed by atoms with van der Waals surface area (Å²) in [6.07, 6.45) is -4.59. The Balaban J connectivity index is 3.41. The topological polar surface area (TPSA) is 26.0 Å². The van der Waals surface area contributed by atoms with Gasteiger partial charge in [0.1, 0.15) is 5.67 Å². The van der Waals surface area contributed by atoms with E-state index < -0.39 is 23.0 Å². The highest BCUT2D eigenvalue weighted by molar-refractivity contribution is 5.47. The van der Waals surface area contributed by atoms with Crippen molar-refractivity contribution in [3.8, 4) is 0 Å². The van der Waals surface area contributed by atoms with E-state index >= 15 is 0 Å². The minimum atomic E-state index is -4.59. The third-order valence-corrected chi connectivity index (χ3v) is 1.99. The minimum absolute atomic E-state index is 0.0321. The molecule has 1 nitrogen and oxygen atoms in total. The van der Waals surface area contributed by atoms with Gasteiger partial charge in [-0.1, -0.05) is 6.07 Å². The number of hydrogen-bond acceptors (Lipinski definition) is 1. The number of nitrogen functional groups attached to an aromatic ring is 1. The van der Waals surface area contributed by atoms with Gasteiger partial charge < -0.3 is 5.73 Å². The normalized spacial score (nSPS) is 12.9. The maximum absolute atomic E-state index is 13.5. The van der Waals surface area contributed by atoms with E-state index in [0.29, 0.717) is 0 Å². The first-order valence-electron chi connectivity index (χ1n) is 4.28. The van der Waals surface area contributed by atoms with Crippen LogP contribution in [-0.4, -0.2) is 0 Å². The summed E-state index contributed by atoms with van der Waals surface area (Å²) in [5, 5.41) is 0. The molecule has 0 heterocycles. The summed E-state index contributed by atoms with van der Waals surface area (Å²) in [5.74, 6) is 0. The molecule has 0 aliphatic heterocycles. The van der Waals surface area contributed by atoms with Crippen LogP contribution in [0.1, 0.15) is 25.0 Å². The zero-order valence-electron chi connectivity index (χ0n) is 8.32. The summed E-state index contributed by atoms with van der Waals surface area (Å²) in [5.41, 5.74) is 1.75. The van der Waals surface area contributed by atoms with Gasteiger partial charge >= 0.3 is 6.18 Å². The Morgan fingerprint density at radius 3 is 1.93 bits per heavy atom. The smallest absolute Gasteiger partial charge is 0.399 e. The van der Waals surface area contributed by atoms with E-state index in [2.05, 4.69) is 0 Å². The van der Waals surface area contributed by atoms with Crippen LogP contribution < -0.4 is 5.73 Å². The van der Waals surface area contributed by atoms with Crippen molar-refractivity contribution in [2.45, 2.75) is 25.7 Å². The van der Waals surface area contributed by atoms with Crippen molar-refractivity contribution in [3.05, 3.63) is 29.3 Å². The lowest BCUT2D eigenvalue weighted by Gasteiger charge is -2.21. The van der Waals surface area contributed by atoms with Gasteiger partial charge in [-0.3, -0.25) is 0 Å². The number of alkyl halides is 4. The standard InChI is InChI=1S/C10H11F4N/c1-9(2,11)7-4-3-6(15)5-8(7)10(12,13)14/h3-5H,15H2,1-2H3. The third kappa shape index (κ3) is 2.61. The Bertz CT molecular complexity index is 363. The van der Waals surface area contributed by atoms with E-state index in [1.165, 1.54) is 6.07 Å². The van der Waals surface area contributed by atoms with E-state index in [1.54, 1.807) is 0 Å². The summed E-state index contributed by atoms with van der Waals surface area (Å²) < 4.78 is 51.1. The van der Waals surface area contributed by atoms with Gasteiger partial charge in [0, 0.05) is 11.3 Å². The maximum atomic E-state index is 13.5. The van der Waals surface area contributed by atoms with E-state index in [4.69, 9.17) is 5.73 Å². The molecule has 0 radical (unpaired) electrons.